The number of hydrogen-bond acceptors (Lipinski definition) is 6. The van der Waals surface area contributed by atoms with E-state index in [1.54, 1.807) is 11.3 Å². The van der Waals surface area contributed by atoms with E-state index in [2.05, 4.69) is 61.1 Å². The molecule has 35 heavy (non-hydrogen) atoms. The first-order valence-electron chi connectivity index (χ1n) is 11.3. The summed E-state index contributed by atoms with van der Waals surface area (Å²) in [7, 11) is 0. The van der Waals surface area contributed by atoms with E-state index in [9.17, 15) is 5.26 Å². The minimum absolute atomic E-state index is 0.208. The first-order valence-corrected chi connectivity index (χ1v) is 13.0. The molecular weight excluding hydrogens is 468 g/mol. The smallest absolute Gasteiger partial charge is 0.116 e. The van der Waals surface area contributed by atoms with Gasteiger partial charge in [-0.05, 0) is 35.6 Å². The van der Waals surface area contributed by atoms with E-state index in [0.717, 1.165) is 27.3 Å². The van der Waals surface area contributed by atoms with Crippen LogP contribution < -0.4 is 5.43 Å². The SMILES string of the molecule is C=NNC(=C)C(Sc1nc(-c2cccs2)cc(-c2ccc(C)cc2)c1C#N)c1ccccc1.CC. The van der Waals surface area contributed by atoms with Gasteiger partial charge in [-0.25, -0.2) is 4.98 Å². The zero-order valence-electron chi connectivity index (χ0n) is 20.2. The Morgan fingerprint density at radius 3 is 2.40 bits per heavy atom. The number of hydrogen-bond donors (Lipinski definition) is 1. The molecule has 2 heterocycles. The summed E-state index contributed by atoms with van der Waals surface area (Å²) < 4.78 is 0. The first kappa shape index (κ1) is 26.0. The van der Waals surface area contributed by atoms with Crippen molar-refractivity contribution in [3.05, 3.63) is 107 Å². The largest absolute Gasteiger partial charge is 0.282 e. The van der Waals surface area contributed by atoms with Gasteiger partial charge in [0.1, 0.15) is 11.1 Å². The second kappa shape index (κ2) is 12.7. The van der Waals surface area contributed by atoms with Crippen LogP contribution in [0.5, 0.6) is 0 Å². The third-order valence-electron chi connectivity index (χ3n) is 5.11. The van der Waals surface area contributed by atoms with Gasteiger partial charge in [0.05, 0.1) is 21.4 Å². The van der Waals surface area contributed by atoms with Crippen molar-refractivity contribution >= 4 is 29.8 Å². The van der Waals surface area contributed by atoms with Crippen LogP contribution in [0.15, 0.2) is 101 Å². The van der Waals surface area contributed by atoms with Crippen LogP contribution in [0.2, 0.25) is 0 Å². The molecule has 4 rings (SSSR count). The topological polar surface area (TPSA) is 61.1 Å². The summed E-state index contributed by atoms with van der Waals surface area (Å²) in [6.07, 6.45) is 0. The zero-order valence-corrected chi connectivity index (χ0v) is 21.8. The van der Waals surface area contributed by atoms with E-state index in [4.69, 9.17) is 4.98 Å². The van der Waals surface area contributed by atoms with Gasteiger partial charge in [-0.15, -0.1) is 11.3 Å². The average Bonchev–Trinajstić information content (AvgIpc) is 3.44. The summed E-state index contributed by atoms with van der Waals surface area (Å²) in [4.78, 5) is 5.98. The summed E-state index contributed by atoms with van der Waals surface area (Å²) in [5, 5.41) is 16.5. The maximum Gasteiger partial charge on any atom is 0.116 e. The first-order chi connectivity index (χ1) is 17.1. The predicted octanol–water partition coefficient (Wildman–Crippen LogP) is 8.24. The Kier molecular flexibility index (Phi) is 9.42. The molecule has 2 aromatic heterocycles. The van der Waals surface area contributed by atoms with Crippen molar-refractivity contribution in [3.8, 4) is 27.8 Å². The summed E-state index contributed by atoms with van der Waals surface area (Å²) in [6.45, 7) is 13.7. The third kappa shape index (κ3) is 6.27. The molecule has 0 spiro atoms. The Morgan fingerprint density at radius 1 is 1.09 bits per heavy atom. The molecule has 1 unspecified atom stereocenters. The highest BCUT2D eigenvalue weighted by molar-refractivity contribution is 7.99. The van der Waals surface area contributed by atoms with E-state index in [1.165, 1.54) is 17.3 Å². The van der Waals surface area contributed by atoms with Gasteiger partial charge in [-0.3, -0.25) is 5.43 Å². The fraction of sp³-hybridized carbons (Fsp3) is 0.138. The lowest BCUT2D eigenvalue weighted by Gasteiger charge is -2.20. The normalized spacial score (nSPS) is 10.9. The fourth-order valence-electron chi connectivity index (χ4n) is 3.47. The standard InChI is InChI=1S/C27H22N4S2.C2H6/c1-18-11-13-20(14-12-18)22-16-24(25-10-7-15-32-25)30-27(23(22)17-28)33-26(19(2)31-29-3)21-8-5-4-6-9-21;1-2/h4-16,26,31H,2-3H2,1H3;1-2H3. The van der Waals surface area contributed by atoms with Crippen LogP contribution in [0, 0.1) is 18.3 Å². The number of nitriles is 1. The van der Waals surface area contributed by atoms with Gasteiger partial charge in [0, 0.05) is 18.0 Å². The number of thiophene rings is 1. The molecule has 0 radical (unpaired) electrons. The van der Waals surface area contributed by atoms with Crippen LogP contribution in [0.1, 0.15) is 35.8 Å². The molecule has 0 saturated heterocycles. The fourth-order valence-corrected chi connectivity index (χ4v) is 5.29. The number of nitrogens with one attached hydrogen (secondary N) is 1. The molecule has 0 bridgehead atoms. The van der Waals surface area contributed by atoms with Gasteiger partial charge in [0.2, 0.25) is 0 Å². The number of hydrazone groups is 1. The highest BCUT2D eigenvalue weighted by Crippen LogP contribution is 2.43. The second-order valence-electron chi connectivity index (χ2n) is 7.39. The summed E-state index contributed by atoms with van der Waals surface area (Å²) in [5.41, 5.74) is 9.00. The molecule has 176 valence electrons. The highest BCUT2D eigenvalue weighted by atomic mass is 32.2. The van der Waals surface area contributed by atoms with Crippen molar-refractivity contribution in [2.24, 2.45) is 5.10 Å². The van der Waals surface area contributed by atoms with E-state index in [-0.39, 0.29) is 5.25 Å². The molecular formula is C29H28N4S2. The van der Waals surface area contributed by atoms with E-state index in [0.29, 0.717) is 16.3 Å². The Hall–Kier alpha value is -3.66. The zero-order chi connectivity index (χ0) is 25.2. The van der Waals surface area contributed by atoms with Gasteiger partial charge < -0.3 is 0 Å². The summed E-state index contributed by atoms with van der Waals surface area (Å²) in [6, 6.07) is 26.7. The van der Waals surface area contributed by atoms with Gasteiger partial charge in [0.25, 0.3) is 0 Å². The highest BCUT2D eigenvalue weighted by Gasteiger charge is 2.23. The van der Waals surface area contributed by atoms with E-state index in [1.807, 2.05) is 67.8 Å². The van der Waals surface area contributed by atoms with Crippen molar-refractivity contribution < 1.29 is 0 Å². The monoisotopic (exact) mass is 496 g/mol. The van der Waals surface area contributed by atoms with Crippen molar-refractivity contribution in [2.75, 3.05) is 0 Å². The average molecular weight is 497 g/mol. The lowest BCUT2D eigenvalue weighted by molar-refractivity contribution is 0.845. The van der Waals surface area contributed by atoms with Crippen molar-refractivity contribution in [1.82, 2.24) is 10.4 Å². The number of aromatic nitrogens is 1. The second-order valence-corrected chi connectivity index (χ2v) is 9.44. The molecule has 4 nitrogen and oxygen atoms in total. The van der Waals surface area contributed by atoms with Gasteiger partial charge in [-0.1, -0.05) is 98.4 Å². The lowest BCUT2D eigenvalue weighted by atomic mass is 10.00. The number of thioether (sulfide) groups is 1. The van der Waals surface area contributed by atoms with Crippen molar-refractivity contribution in [3.63, 3.8) is 0 Å². The number of nitrogens with zero attached hydrogens (tertiary/aromatic N) is 3. The van der Waals surface area contributed by atoms with E-state index < -0.39 is 0 Å². The Bertz CT molecular complexity index is 1310. The molecule has 0 fully saturated rings. The van der Waals surface area contributed by atoms with Crippen LogP contribution in [-0.4, -0.2) is 11.7 Å². The molecule has 6 heteroatoms. The Labute approximate surface area is 216 Å². The van der Waals surface area contributed by atoms with Crippen molar-refractivity contribution in [2.45, 2.75) is 31.0 Å². The number of rotatable bonds is 8. The van der Waals surface area contributed by atoms with Gasteiger partial charge in [-0.2, -0.15) is 10.4 Å². The number of aryl methyl sites for hydroxylation is 1. The Balaban J connectivity index is 0.00000167. The molecule has 0 saturated carbocycles. The number of benzene rings is 2. The maximum absolute atomic E-state index is 10.2. The molecule has 0 aliphatic carbocycles. The van der Waals surface area contributed by atoms with Crippen molar-refractivity contribution in [1.29, 1.82) is 5.26 Å². The predicted molar refractivity (Wildman–Crippen MR) is 151 cm³/mol. The molecule has 0 amide bonds. The Morgan fingerprint density at radius 2 is 1.80 bits per heavy atom. The summed E-state index contributed by atoms with van der Waals surface area (Å²) >= 11 is 3.11. The van der Waals surface area contributed by atoms with Gasteiger partial charge in [0.15, 0.2) is 0 Å². The van der Waals surface area contributed by atoms with Crippen LogP contribution in [0.25, 0.3) is 21.7 Å². The van der Waals surface area contributed by atoms with Crippen LogP contribution in [0.3, 0.4) is 0 Å². The van der Waals surface area contributed by atoms with Crippen LogP contribution >= 0.6 is 23.1 Å². The van der Waals surface area contributed by atoms with Gasteiger partial charge >= 0.3 is 0 Å². The lowest BCUT2D eigenvalue weighted by Crippen LogP contribution is -2.11. The third-order valence-corrected chi connectivity index (χ3v) is 7.31. The maximum atomic E-state index is 10.2. The minimum Gasteiger partial charge on any atom is -0.282 e. The quantitative estimate of drug-likeness (QED) is 0.152. The molecule has 4 aromatic rings. The molecule has 1 atom stereocenters. The molecule has 1 N–H and O–H groups in total. The van der Waals surface area contributed by atoms with Crippen LogP contribution in [0.4, 0.5) is 0 Å². The van der Waals surface area contributed by atoms with Crippen LogP contribution in [-0.2, 0) is 0 Å². The van der Waals surface area contributed by atoms with E-state index >= 15 is 0 Å². The summed E-state index contributed by atoms with van der Waals surface area (Å²) in [5.74, 6) is 0. The molecule has 0 aliphatic rings. The minimum atomic E-state index is -0.208. The molecule has 0 aliphatic heterocycles. The number of pyridine rings is 1. The molecule has 2 aromatic carbocycles.